The van der Waals surface area contributed by atoms with Crippen molar-refractivity contribution in [2.75, 3.05) is 27.2 Å². The van der Waals surface area contributed by atoms with Crippen LogP contribution in [0.4, 0.5) is 0 Å². The second-order valence-corrected chi connectivity index (χ2v) is 6.37. The number of aromatic nitrogens is 1. The number of nitrogens with zero attached hydrogens (tertiary/aromatic N) is 3. The van der Waals surface area contributed by atoms with Gasteiger partial charge in [-0.05, 0) is 19.8 Å². The second-order valence-electron chi connectivity index (χ2n) is 5.05. The highest BCUT2D eigenvalue weighted by Crippen LogP contribution is 2.18. The summed E-state index contributed by atoms with van der Waals surface area (Å²) >= 11 is 1.69. The first-order chi connectivity index (χ1) is 10.1. The molecule has 1 aromatic heterocycles. The summed E-state index contributed by atoms with van der Waals surface area (Å²) in [7, 11) is 3.23. The predicted octanol–water partition coefficient (Wildman–Crippen LogP) is 1.41. The quantitative estimate of drug-likeness (QED) is 0.519. The van der Waals surface area contributed by atoms with Crippen molar-refractivity contribution in [3.05, 3.63) is 16.1 Å². The van der Waals surface area contributed by atoms with Crippen LogP contribution in [0.5, 0.6) is 0 Å². The minimum Gasteiger partial charge on any atom is -0.469 e. The number of aryl methyl sites for hydroxylation is 1. The van der Waals surface area contributed by atoms with Gasteiger partial charge in [0.1, 0.15) is 5.01 Å². The monoisotopic (exact) mass is 310 g/mol. The van der Waals surface area contributed by atoms with Crippen LogP contribution < -0.4 is 5.32 Å². The number of hydrogen-bond donors (Lipinski definition) is 1. The Morgan fingerprint density at radius 2 is 2.29 bits per heavy atom. The normalized spacial score (nSPS) is 16.9. The Morgan fingerprint density at radius 3 is 2.81 bits per heavy atom. The lowest BCUT2D eigenvalue weighted by Gasteiger charge is -2.33. The molecule has 7 heteroatoms. The van der Waals surface area contributed by atoms with E-state index in [0.717, 1.165) is 36.9 Å². The smallest absolute Gasteiger partial charge is 0.308 e. The highest BCUT2D eigenvalue weighted by molar-refractivity contribution is 7.11. The van der Waals surface area contributed by atoms with Gasteiger partial charge in [-0.2, -0.15) is 0 Å². The van der Waals surface area contributed by atoms with E-state index in [2.05, 4.69) is 20.2 Å². The van der Waals surface area contributed by atoms with Crippen LogP contribution in [0.2, 0.25) is 0 Å². The molecule has 0 amide bonds. The molecule has 2 rings (SSSR count). The van der Waals surface area contributed by atoms with E-state index in [1.54, 1.807) is 18.4 Å². The summed E-state index contributed by atoms with van der Waals surface area (Å²) < 4.78 is 4.81. The molecule has 116 valence electrons. The molecule has 1 N–H and O–H groups in total. The minimum absolute atomic E-state index is 0.0194. The third-order valence-corrected chi connectivity index (χ3v) is 4.52. The lowest BCUT2D eigenvalue weighted by atomic mass is 9.97. The zero-order chi connectivity index (χ0) is 15.2. The first-order valence-corrected chi connectivity index (χ1v) is 7.90. The summed E-state index contributed by atoms with van der Waals surface area (Å²) in [6, 6.07) is 0. The standard InChI is InChI=1S/C14H22N4O2S/c1-10-8-16-12(21-10)9-17-14(15-2)18-6-4-11(5-7-18)13(19)20-3/h8,11H,4-7,9H2,1-3H3,(H,15,17). The number of aliphatic imine (C=N–C) groups is 1. The van der Waals surface area contributed by atoms with Crippen LogP contribution in [0, 0.1) is 12.8 Å². The number of methoxy groups -OCH3 is 1. The third kappa shape index (κ3) is 4.17. The molecule has 0 bridgehead atoms. The number of carbonyl (C=O) groups excluding carboxylic acids is 1. The van der Waals surface area contributed by atoms with Crippen LogP contribution in [0.25, 0.3) is 0 Å². The highest BCUT2D eigenvalue weighted by atomic mass is 32.1. The minimum atomic E-state index is -0.101. The molecule has 0 aliphatic carbocycles. The largest absolute Gasteiger partial charge is 0.469 e. The van der Waals surface area contributed by atoms with Gasteiger partial charge in [-0.3, -0.25) is 9.79 Å². The number of thiazole rings is 1. The Bertz CT molecular complexity index is 507. The molecule has 0 atom stereocenters. The first-order valence-electron chi connectivity index (χ1n) is 7.08. The Balaban J connectivity index is 1.84. The average molecular weight is 310 g/mol. The molecule has 0 unspecified atom stereocenters. The third-order valence-electron chi connectivity index (χ3n) is 3.61. The fourth-order valence-electron chi connectivity index (χ4n) is 2.46. The zero-order valence-electron chi connectivity index (χ0n) is 12.8. The summed E-state index contributed by atoms with van der Waals surface area (Å²) in [6.07, 6.45) is 3.50. The summed E-state index contributed by atoms with van der Waals surface area (Å²) in [5.41, 5.74) is 0. The van der Waals surface area contributed by atoms with Gasteiger partial charge in [0, 0.05) is 31.2 Å². The summed E-state index contributed by atoms with van der Waals surface area (Å²) in [5.74, 6) is 0.785. The van der Waals surface area contributed by atoms with Gasteiger partial charge in [0.2, 0.25) is 0 Å². The van der Waals surface area contributed by atoms with Gasteiger partial charge in [0.15, 0.2) is 5.96 Å². The SMILES string of the molecule is CN=C(NCc1ncc(C)s1)N1CCC(C(=O)OC)CC1. The Kier molecular flexibility index (Phi) is 5.55. The van der Waals surface area contributed by atoms with Gasteiger partial charge in [-0.1, -0.05) is 0 Å². The molecule has 0 spiro atoms. The molecule has 1 aromatic rings. The van der Waals surface area contributed by atoms with Crippen molar-refractivity contribution in [3.8, 4) is 0 Å². The molecule has 1 aliphatic heterocycles. The number of esters is 1. The molecule has 21 heavy (non-hydrogen) atoms. The fourth-order valence-corrected chi connectivity index (χ4v) is 3.19. The van der Waals surface area contributed by atoms with Crippen LogP contribution in [-0.2, 0) is 16.1 Å². The van der Waals surface area contributed by atoms with E-state index in [1.807, 2.05) is 13.1 Å². The van der Waals surface area contributed by atoms with E-state index in [0.29, 0.717) is 6.54 Å². The predicted molar refractivity (Wildman–Crippen MR) is 83.4 cm³/mol. The van der Waals surface area contributed by atoms with Gasteiger partial charge in [0.05, 0.1) is 19.6 Å². The van der Waals surface area contributed by atoms with Crippen LogP contribution in [0.3, 0.4) is 0 Å². The van der Waals surface area contributed by atoms with Crippen LogP contribution in [-0.4, -0.2) is 49.1 Å². The zero-order valence-corrected chi connectivity index (χ0v) is 13.6. The number of piperidine rings is 1. The number of nitrogens with one attached hydrogen (secondary N) is 1. The molecule has 1 saturated heterocycles. The van der Waals surface area contributed by atoms with E-state index >= 15 is 0 Å². The maximum atomic E-state index is 11.5. The Labute approximate surface area is 129 Å². The number of hydrogen-bond acceptors (Lipinski definition) is 5. The maximum Gasteiger partial charge on any atom is 0.308 e. The van der Waals surface area contributed by atoms with Crippen LogP contribution in [0.1, 0.15) is 22.7 Å². The van der Waals surface area contributed by atoms with Crippen molar-refractivity contribution in [3.63, 3.8) is 0 Å². The molecule has 2 heterocycles. The molecule has 0 aromatic carbocycles. The molecule has 0 saturated carbocycles. The number of ether oxygens (including phenoxy) is 1. The van der Waals surface area contributed by atoms with Crippen molar-refractivity contribution < 1.29 is 9.53 Å². The highest BCUT2D eigenvalue weighted by Gasteiger charge is 2.26. The van der Waals surface area contributed by atoms with Gasteiger partial charge >= 0.3 is 5.97 Å². The Hall–Kier alpha value is -1.63. The van der Waals surface area contributed by atoms with Gasteiger partial charge in [0.25, 0.3) is 0 Å². The summed E-state index contributed by atoms with van der Waals surface area (Å²) in [6.45, 7) is 4.36. The van der Waals surface area contributed by atoms with E-state index in [-0.39, 0.29) is 11.9 Å². The molecule has 1 aliphatic rings. The molecule has 1 fully saturated rings. The number of rotatable bonds is 3. The van der Waals surface area contributed by atoms with Crippen molar-refractivity contribution in [2.24, 2.45) is 10.9 Å². The lowest BCUT2D eigenvalue weighted by Crippen LogP contribution is -2.46. The summed E-state index contributed by atoms with van der Waals surface area (Å²) in [5, 5.41) is 4.39. The lowest BCUT2D eigenvalue weighted by molar-refractivity contribution is -0.146. The van der Waals surface area contributed by atoms with E-state index < -0.39 is 0 Å². The van der Waals surface area contributed by atoms with Gasteiger partial charge in [-0.25, -0.2) is 4.98 Å². The van der Waals surface area contributed by atoms with Crippen molar-refractivity contribution in [1.82, 2.24) is 15.2 Å². The maximum absolute atomic E-state index is 11.5. The summed E-state index contributed by atoms with van der Waals surface area (Å²) in [4.78, 5) is 23.6. The molecule has 0 radical (unpaired) electrons. The number of guanidine groups is 1. The Morgan fingerprint density at radius 1 is 1.57 bits per heavy atom. The van der Waals surface area contributed by atoms with Crippen molar-refractivity contribution in [1.29, 1.82) is 0 Å². The molecular formula is C14H22N4O2S. The molecule has 6 nitrogen and oxygen atoms in total. The van der Waals surface area contributed by atoms with E-state index in [1.165, 1.54) is 12.0 Å². The number of carbonyl (C=O) groups is 1. The average Bonchev–Trinajstić information content (AvgIpc) is 2.93. The van der Waals surface area contributed by atoms with Crippen LogP contribution in [0.15, 0.2) is 11.2 Å². The topological polar surface area (TPSA) is 66.8 Å². The van der Waals surface area contributed by atoms with Gasteiger partial charge in [-0.15, -0.1) is 11.3 Å². The van der Waals surface area contributed by atoms with Gasteiger partial charge < -0.3 is 15.0 Å². The number of likely N-dealkylation sites (tertiary alicyclic amines) is 1. The van der Waals surface area contributed by atoms with Crippen molar-refractivity contribution in [2.45, 2.75) is 26.3 Å². The van der Waals surface area contributed by atoms with E-state index in [9.17, 15) is 4.79 Å². The van der Waals surface area contributed by atoms with Crippen molar-refractivity contribution >= 4 is 23.3 Å². The first kappa shape index (κ1) is 15.8. The van der Waals surface area contributed by atoms with Crippen LogP contribution >= 0.6 is 11.3 Å². The fraction of sp³-hybridized carbons (Fsp3) is 0.643. The van der Waals surface area contributed by atoms with E-state index in [4.69, 9.17) is 4.74 Å². The second kappa shape index (κ2) is 7.40. The molecular weight excluding hydrogens is 288 g/mol.